The second-order valence-corrected chi connectivity index (χ2v) is 2.04. The molecule has 1 aromatic carbocycles. The van der Waals surface area contributed by atoms with E-state index >= 15 is 0 Å². The maximum absolute atomic E-state index is 12.0. The van der Waals surface area contributed by atoms with Crippen LogP contribution in [0.15, 0.2) is 24.3 Å². The minimum atomic E-state index is -2.50. The molecule has 0 radical (unpaired) electrons. The number of hydrogen-bond donors (Lipinski definition) is 0. The lowest BCUT2D eigenvalue weighted by Gasteiger charge is -1.97. The molecule has 0 N–H and O–H groups in total. The molecule has 0 saturated heterocycles. The van der Waals surface area contributed by atoms with Gasteiger partial charge in [0.15, 0.2) is 0 Å². The van der Waals surface area contributed by atoms with E-state index in [0.717, 1.165) is 0 Å². The molecule has 0 heterocycles. The summed E-state index contributed by atoms with van der Waals surface area (Å²) in [5, 5.41) is 8.35. The molecule has 0 bridgehead atoms. The number of benzene rings is 1. The molecule has 56 valence electrons. The van der Waals surface area contributed by atoms with Crippen molar-refractivity contribution in [2.24, 2.45) is 0 Å². The zero-order valence-corrected chi connectivity index (χ0v) is 5.59. The Morgan fingerprint density at radius 1 is 1.36 bits per heavy atom. The van der Waals surface area contributed by atoms with E-state index in [2.05, 4.69) is 0 Å². The van der Waals surface area contributed by atoms with Gasteiger partial charge < -0.3 is 0 Å². The van der Waals surface area contributed by atoms with Gasteiger partial charge in [-0.1, -0.05) is 12.1 Å². The Balaban J connectivity index is 3.03. The summed E-state index contributed by atoms with van der Waals surface area (Å²) in [4.78, 5) is 0. The van der Waals surface area contributed by atoms with Gasteiger partial charge in [0, 0.05) is 5.56 Å². The maximum Gasteiger partial charge on any atom is 0.263 e. The van der Waals surface area contributed by atoms with Crippen LogP contribution >= 0.6 is 0 Å². The number of hydrogen-bond acceptors (Lipinski definition) is 1. The summed E-state index contributed by atoms with van der Waals surface area (Å²) >= 11 is 0. The number of rotatable bonds is 1. The van der Waals surface area contributed by atoms with Crippen LogP contribution in [-0.4, -0.2) is 0 Å². The Morgan fingerprint density at radius 2 is 2.09 bits per heavy atom. The molecule has 0 saturated carbocycles. The van der Waals surface area contributed by atoms with Crippen molar-refractivity contribution in [3.63, 3.8) is 0 Å². The first-order valence-electron chi connectivity index (χ1n) is 3.02. The van der Waals surface area contributed by atoms with E-state index in [1.165, 1.54) is 24.3 Å². The van der Waals surface area contributed by atoms with Crippen molar-refractivity contribution in [3.8, 4) is 6.07 Å². The van der Waals surface area contributed by atoms with E-state index in [-0.39, 0.29) is 11.1 Å². The molecule has 0 aliphatic carbocycles. The monoisotopic (exact) mass is 153 g/mol. The topological polar surface area (TPSA) is 23.8 Å². The fourth-order valence-electron chi connectivity index (χ4n) is 0.744. The van der Waals surface area contributed by atoms with Gasteiger partial charge in [-0.05, 0) is 12.1 Å². The largest absolute Gasteiger partial charge is 0.263 e. The second kappa shape index (κ2) is 3.11. The number of nitriles is 1. The van der Waals surface area contributed by atoms with Gasteiger partial charge in [0.25, 0.3) is 6.43 Å². The van der Waals surface area contributed by atoms with Crippen LogP contribution in [0.2, 0.25) is 0 Å². The summed E-state index contributed by atoms with van der Waals surface area (Å²) in [7, 11) is 0. The molecular weight excluding hydrogens is 148 g/mol. The van der Waals surface area contributed by atoms with Gasteiger partial charge in [-0.25, -0.2) is 8.78 Å². The summed E-state index contributed by atoms with van der Waals surface area (Å²) in [6.45, 7) is 0. The van der Waals surface area contributed by atoms with Gasteiger partial charge >= 0.3 is 0 Å². The van der Waals surface area contributed by atoms with Gasteiger partial charge in [-0.2, -0.15) is 5.26 Å². The van der Waals surface area contributed by atoms with E-state index in [1.807, 2.05) is 0 Å². The van der Waals surface area contributed by atoms with Gasteiger partial charge in [0.05, 0.1) is 11.6 Å². The fourth-order valence-corrected chi connectivity index (χ4v) is 0.744. The van der Waals surface area contributed by atoms with Crippen molar-refractivity contribution >= 4 is 0 Å². The van der Waals surface area contributed by atoms with Crippen molar-refractivity contribution in [3.05, 3.63) is 35.4 Å². The van der Waals surface area contributed by atoms with Gasteiger partial charge in [-0.3, -0.25) is 0 Å². The van der Waals surface area contributed by atoms with Crippen LogP contribution in [0.4, 0.5) is 8.78 Å². The highest BCUT2D eigenvalue weighted by atomic mass is 19.3. The van der Waals surface area contributed by atoms with Gasteiger partial charge in [0.1, 0.15) is 0 Å². The van der Waals surface area contributed by atoms with Gasteiger partial charge in [0.2, 0.25) is 0 Å². The highest BCUT2D eigenvalue weighted by Crippen LogP contribution is 2.18. The van der Waals surface area contributed by atoms with Crippen LogP contribution in [0.1, 0.15) is 17.6 Å². The fraction of sp³-hybridized carbons (Fsp3) is 0.125. The van der Waals surface area contributed by atoms with E-state index in [9.17, 15) is 8.78 Å². The average molecular weight is 153 g/mol. The van der Waals surface area contributed by atoms with Crippen LogP contribution in [0, 0.1) is 11.3 Å². The SMILES string of the molecule is N#Cc1cccc(C(F)F)c1. The Labute approximate surface area is 62.9 Å². The molecule has 3 heteroatoms. The predicted molar refractivity (Wildman–Crippen MR) is 36.1 cm³/mol. The Hall–Kier alpha value is -1.43. The predicted octanol–water partition coefficient (Wildman–Crippen LogP) is 2.50. The molecule has 0 atom stereocenters. The molecular formula is C8H5F2N. The van der Waals surface area contributed by atoms with Crippen molar-refractivity contribution < 1.29 is 8.78 Å². The van der Waals surface area contributed by atoms with Crippen molar-refractivity contribution in [1.29, 1.82) is 5.26 Å². The summed E-state index contributed by atoms with van der Waals surface area (Å²) in [6.07, 6.45) is -2.50. The van der Waals surface area contributed by atoms with Crippen LogP contribution in [0.3, 0.4) is 0 Å². The van der Waals surface area contributed by atoms with Crippen molar-refractivity contribution in [2.75, 3.05) is 0 Å². The minimum Gasteiger partial charge on any atom is -0.205 e. The van der Waals surface area contributed by atoms with Crippen LogP contribution in [0.25, 0.3) is 0 Å². The zero-order valence-electron chi connectivity index (χ0n) is 5.59. The molecule has 0 unspecified atom stereocenters. The molecule has 1 aromatic rings. The summed E-state index contributed by atoms with van der Waals surface area (Å²) < 4.78 is 23.9. The van der Waals surface area contributed by atoms with Crippen LogP contribution in [-0.2, 0) is 0 Å². The van der Waals surface area contributed by atoms with Crippen LogP contribution < -0.4 is 0 Å². The van der Waals surface area contributed by atoms with Crippen molar-refractivity contribution in [2.45, 2.75) is 6.43 Å². The maximum atomic E-state index is 12.0. The molecule has 1 rings (SSSR count). The third-order valence-corrected chi connectivity index (χ3v) is 1.27. The summed E-state index contributed by atoms with van der Waals surface area (Å²) in [6, 6.07) is 7.21. The highest BCUT2D eigenvalue weighted by Gasteiger charge is 2.05. The Bertz CT molecular complexity index is 288. The Kier molecular flexibility index (Phi) is 2.17. The highest BCUT2D eigenvalue weighted by molar-refractivity contribution is 5.33. The molecule has 0 amide bonds. The number of alkyl halides is 2. The molecule has 1 nitrogen and oxygen atoms in total. The molecule has 11 heavy (non-hydrogen) atoms. The van der Waals surface area contributed by atoms with Crippen LogP contribution in [0.5, 0.6) is 0 Å². The Morgan fingerprint density at radius 3 is 2.64 bits per heavy atom. The smallest absolute Gasteiger partial charge is 0.205 e. The first kappa shape index (κ1) is 7.67. The number of nitrogens with zero attached hydrogens (tertiary/aromatic N) is 1. The molecule has 0 spiro atoms. The van der Waals surface area contributed by atoms with Gasteiger partial charge in [-0.15, -0.1) is 0 Å². The van der Waals surface area contributed by atoms with Crippen molar-refractivity contribution in [1.82, 2.24) is 0 Å². The summed E-state index contributed by atoms with van der Waals surface area (Å²) in [5.74, 6) is 0. The van der Waals surface area contributed by atoms with E-state index in [4.69, 9.17) is 5.26 Å². The molecule has 0 aliphatic rings. The average Bonchev–Trinajstić information content (AvgIpc) is 2.05. The molecule has 0 fully saturated rings. The normalized spacial score (nSPS) is 9.64. The standard InChI is InChI=1S/C8H5F2N/c9-8(10)7-3-1-2-6(4-7)5-11/h1-4,8H. The second-order valence-electron chi connectivity index (χ2n) is 2.04. The minimum absolute atomic E-state index is 0.107. The summed E-state index contributed by atoms with van der Waals surface area (Å²) in [5.41, 5.74) is 0.159. The lowest BCUT2D eigenvalue weighted by Crippen LogP contribution is -1.84. The molecule has 0 aromatic heterocycles. The zero-order chi connectivity index (χ0) is 8.27. The number of halogens is 2. The quantitative estimate of drug-likeness (QED) is 0.608. The first-order valence-corrected chi connectivity index (χ1v) is 3.02. The lowest BCUT2D eigenvalue weighted by molar-refractivity contribution is 0.151. The first-order chi connectivity index (χ1) is 5.24. The molecule has 0 aliphatic heterocycles. The van der Waals surface area contributed by atoms with E-state index < -0.39 is 6.43 Å². The third kappa shape index (κ3) is 1.74. The lowest BCUT2D eigenvalue weighted by atomic mass is 10.1. The third-order valence-electron chi connectivity index (χ3n) is 1.27. The van der Waals surface area contributed by atoms with E-state index in [0.29, 0.717) is 0 Å². The van der Waals surface area contributed by atoms with E-state index in [1.54, 1.807) is 6.07 Å².